The van der Waals surface area contributed by atoms with Crippen molar-refractivity contribution in [3.05, 3.63) is 12.3 Å². The van der Waals surface area contributed by atoms with Crippen LogP contribution >= 0.6 is 0 Å². The van der Waals surface area contributed by atoms with E-state index in [2.05, 4.69) is 9.89 Å². The minimum Gasteiger partial charge on any atom is -0.444 e. The van der Waals surface area contributed by atoms with Crippen molar-refractivity contribution in [3.8, 4) is 0 Å². The molecule has 118 valence electrons. The molecule has 0 radical (unpaired) electrons. The normalized spacial score (nSPS) is 23.0. The molecule has 0 aromatic rings. The van der Waals surface area contributed by atoms with Gasteiger partial charge in [0.1, 0.15) is 11.4 Å². The molecule has 2 aliphatic heterocycles. The van der Waals surface area contributed by atoms with Crippen LogP contribution in [0.1, 0.15) is 27.2 Å². The van der Waals surface area contributed by atoms with Gasteiger partial charge in [-0.25, -0.2) is 9.79 Å². The second kappa shape index (κ2) is 6.47. The molecule has 1 atom stereocenters. The van der Waals surface area contributed by atoms with Crippen molar-refractivity contribution in [2.24, 2.45) is 10.9 Å². The Morgan fingerprint density at radius 1 is 1.38 bits per heavy atom. The van der Waals surface area contributed by atoms with Crippen LogP contribution in [0.2, 0.25) is 0 Å². The fourth-order valence-electron chi connectivity index (χ4n) is 2.51. The van der Waals surface area contributed by atoms with E-state index in [1.165, 1.54) is 0 Å². The molecule has 0 aromatic heterocycles. The van der Waals surface area contributed by atoms with Crippen molar-refractivity contribution in [2.75, 3.05) is 32.8 Å². The number of amides is 1. The predicted octanol–water partition coefficient (Wildman–Crippen LogP) is 1.46. The number of hydrogen-bond donors (Lipinski definition) is 1. The lowest BCUT2D eigenvalue weighted by Crippen LogP contribution is -2.53. The van der Waals surface area contributed by atoms with Gasteiger partial charge in [-0.1, -0.05) is 6.08 Å². The maximum Gasteiger partial charge on any atom is 0.410 e. The Kier molecular flexibility index (Phi) is 4.88. The summed E-state index contributed by atoms with van der Waals surface area (Å²) in [5.74, 6) is 1.01. The molecule has 0 bridgehead atoms. The lowest BCUT2D eigenvalue weighted by atomic mass is 10.0. The van der Waals surface area contributed by atoms with Gasteiger partial charge in [0.05, 0.1) is 6.61 Å². The van der Waals surface area contributed by atoms with E-state index in [0.717, 1.165) is 25.3 Å². The van der Waals surface area contributed by atoms with Gasteiger partial charge in [-0.05, 0) is 27.2 Å². The molecule has 0 spiro atoms. The number of aliphatic hydroxyl groups is 1. The first-order chi connectivity index (χ1) is 9.90. The van der Waals surface area contributed by atoms with Gasteiger partial charge in [0, 0.05) is 38.3 Å². The molecule has 1 unspecified atom stereocenters. The van der Waals surface area contributed by atoms with Gasteiger partial charge >= 0.3 is 6.09 Å². The second-order valence-corrected chi connectivity index (χ2v) is 6.44. The fourth-order valence-corrected chi connectivity index (χ4v) is 2.51. The largest absolute Gasteiger partial charge is 0.444 e. The second-order valence-electron chi connectivity index (χ2n) is 6.44. The average Bonchev–Trinajstić information content (AvgIpc) is 2.45. The summed E-state index contributed by atoms with van der Waals surface area (Å²) in [6.45, 7) is 8.41. The summed E-state index contributed by atoms with van der Waals surface area (Å²) in [6.07, 6.45) is 4.33. The van der Waals surface area contributed by atoms with Crippen molar-refractivity contribution >= 4 is 11.9 Å². The Hall–Kier alpha value is -1.56. The maximum atomic E-state index is 12.0. The molecule has 1 amide bonds. The van der Waals surface area contributed by atoms with E-state index in [9.17, 15) is 9.90 Å². The average molecular weight is 295 g/mol. The first-order valence-electron chi connectivity index (χ1n) is 7.47. The lowest BCUT2D eigenvalue weighted by Gasteiger charge is -2.39. The molecule has 2 aliphatic rings. The summed E-state index contributed by atoms with van der Waals surface area (Å²) >= 11 is 0. The number of aliphatic imine (C=N–C) groups is 1. The van der Waals surface area contributed by atoms with Gasteiger partial charge < -0.3 is 19.6 Å². The molecular formula is C15H25N3O3. The summed E-state index contributed by atoms with van der Waals surface area (Å²) in [6, 6.07) is 0. The Bertz CT molecular complexity index is 432. The number of ether oxygens (including phenoxy) is 1. The van der Waals surface area contributed by atoms with Crippen LogP contribution < -0.4 is 0 Å². The summed E-state index contributed by atoms with van der Waals surface area (Å²) in [7, 11) is 0. The molecule has 1 fully saturated rings. The van der Waals surface area contributed by atoms with Crippen molar-refractivity contribution in [1.29, 1.82) is 0 Å². The van der Waals surface area contributed by atoms with E-state index in [1.54, 1.807) is 11.1 Å². The number of carbonyl (C=O) groups excluding carboxylic acids is 1. The van der Waals surface area contributed by atoms with Crippen LogP contribution in [0, 0.1) is 5.92 Å². The third-order valence-corrected chi connectivity index (χ3v) is 3.57. The molecule has 0 saturated carbocycles. The van der Waals surface area contributed by atoms with E-state index in [4.69, 9.17) is 4.74 Å². The Morgan fingerprint density at radius 3 is 2.62 bits per heavy atom. The summed E-state index contributed by atoms with van der Waals surface area (Å²) in [5.41, 5.74) is -0.464. The maximum absolute atomic E-state index is 12.0. The van der Waals surface area contributed by atoms with E-state index in [-0.39, 0.29) is 18.6 Å². The molecule has 0 aromatic carbocycles. The summed E-state index contributed by atoms with van der Waals surface area (Å²) < 4.78 is 5.39. The first kappa shape index (κ1) is 15.8. The predicted molar refractivity (Wildman–Crippen MR) is 81.1 cm³/mol. The van der Waals surface area contributed by atoms with Gasteiger partial charge in [0.2, 0.25) is 0 Å². The molecular weight excluding hydrogens is 270 g/mol. The molecule has 1 N–H and O–H groups in total. The van der Waals surface area contributed by atoms with Crippen LogP contribution in [-0.4, -0.2) is 65.2 Å². The highest BCUT2D eigenvalue weighted by Gasteiger charge is 2.29. The molecule has 2 rings (SSSR count). The molecule has 1 saturated heterocycles. The van der Waals surface area contributed by atoms with Crippen LogP contribution in [0.15, 0.2) is 17.3 Å². The number of carbonyl (C=O) groups is 1. The smallest absolute Gasteiger partial charge is 0.410 e. The van der Waals surface area contributed by atoms with Crippen molar-refractivity contribution in [1.82, 2.24) is 9.80 Å². The van der Waals surface area contributed by atoms with Gasteiger partial charge in [-0.15, -0.1) is 0 Å². The zero-order chi connectivity index (χ0) is 15.5. The van der Waals surface area contributed by atoms with Gasteiger partial charge in [0.15, 0.2) is 0 Å². The van der Waals surface area contributed by atoms with E-state index >= 15 is 0 Å². The van der Waals surface area contributed by atoms with Crippen LogP contribution in [0.5, 0.6) is 0 Å². The van der Waals surface area contributed by atoms with Crippen molar-refractivity contribution in [2.45, 2.75) is 32.8 Å². The zero-order valence-electron chi connectivity index (χ0n) is 13.1. The number of rotatable bonds is 1. The van der Waals surface area contributed by atoms with Crippen LogP contribution in [0.4, 0.5) is 4.79 Å². The molecule has 6 nitrogen and oxygen atoms in total. The van der Waals surface area contributed by atoms with Gasteiger partial charge in [-0.2, -0.15) is 0 Å². The van der Waals surface area contributed by atoms with Gasteiger partial charge in [0.25, 0.3) is 0 Å². The minimum atomic E-state index is -0.464. The number of piperazine rings is 1. The monoisotopic (exact) mass is 295 g/mol. The zero-order valence-corrected chi connectivity index (χ0v) is 13.1. The number of allylic oxidation sites excluding steroid dienone is 1. The van der Waals surface area contributed by atoms with Crippen LogP contribution in [-0.2, 0) is 4.74 Å². The van der Waals surface area contributed by atoms with Crippen LogP contribution in [0.3, 0.4) is 0 Å². The van der Waals surface area contributed by atoms with Crippen molar-refractivity contribution < 1.29 is 14.6 Å². The number of amidine groups is 1. The Labute approximate surface area is 126 Å². The summed E-state index contributed by atoms with van der Waals surface area (Å²) in [4.78, 5) is 20.3. The van der Waals surface area contributed by atoms with Crippen molar-refractivity contribution in [3.63, 3.8) is 0 Å². The quantitative estimate of drug-likeness (QED) is 0.795. The number of nitrogens with zero attached hydrogens (tertiary/aromatic N) is 3. The topological polar surface area (TPSA) is 65.4 Å². The van der Waals surface area contributed by atoms with Crippen LogP contribution in [0.25, 0.3) is 0 Å². The van der Waals surface area contributed by atoms with Gasteiger partial charge in [-0.3, -0.25) is 0 Å². The number of aliphatic hydroxyl groups excluding tert-OH is 1. The molecule has 21 heavy (non-hydrogen) atoms. The first-order valence-corrected chi connectivity index (χ1v) is 7.47. The summed E-state index contributed by atoms with van der Waals surface area (Å²) in [5, 5.41) is 9.43. The highest BCUT2D eigenvalue weighted by Crippen LogP contribution is 2.18. The van der Waals surface area contributed by atoms with E-state index < -0.39 is 5.60 Å². The molecule has 2 heterocycles. The minimum absolute atomic E-state index is 0.0723. The third-order valence-electron chi connectivity index (χ3n) is 3.57. The highest BCUT2D eigenvalue weighted by molar-refractivity contribution is 5.86. The fraction of sp³-hybridized carbons (Fsp3) is 0.733. The van der Waals surface area contributed by atoms with E-state index in [1.807, 2.05) is 26.8 Å². The standard InChI is InChI=1S/C15H25N3O3/c1-15(2,3)21-14(20)18-9-7-17(8-10-18)13-12(11-19)5-4-6-16-13/h4,6,12,19H,5,7-11H2,1-3H3. The highest BCUT2D eigenvalue weighted by atomic mass is 16.6. The lowest BCUT2D eigenvalue weighted by molar-refractivity contribution is 0.0183. The SMILES string of the molecule is CC(C)(C)OC(=O)N1CCN(C2=NC=CCC2CO)CC1. The molecule has 0 aliphatic carbocycles. The Balaban J connectivity index is 1.90. The Morgan fingerprint density at radius 2 is 2.05 bits per heavy atom. The molecule has 6 heteroatoms. The number of hydrogen-bond acceptors (Lipinski definition) is 5. The third kappa shape index (κ3) is 4.20. The van der Waals surface area contributed by atoms with E-state index in [0.29, 0.717) is 13.1 Å².